The van der Waals surface area contributed by atoms with Crippen LogP contribution in [0.5, 0.6) is 5.75 Å². The minimum atomic E-state index is -3.73. The molecule has 8 nitrogen and oxygen atoms in total. The Morgan fingerprint density at radius 3 is 1.98 bits per heavy atom. The molecule has 0 bridgehead atoms. The second kappa shape index (κ2) is 15.9. The normalized spacial score (nSPS) is 12.1. The molecule has 0 aliphatic carbocycles. The van der Waals surface area contributed by atoms with E-state index in [1.807, 2.05) is 72.8 Å². The zero-order chi connectivity index (χ0) is 29.7. The first-order valence-electron chi connectivity index (χ1n) is 13.9. The lowest BCUT2D eigenvalue weighted by molar-refractivity contribution is -0.141. The van der Waals surface area contributed by atoms with Crippen LogP contribution in [0.25, 0.3) is 0 Å². The molecular weight excluding hydrogens is 538 g/mol. The zero-order valence-corrected chi connectivity index (χ0v) is 25.0. The minimum absolute atomic E-state index is 0.0500. The highest BCUT2D eigenvalue weighted by Gasteiger charge is 2.32. The number of rotatable bonds is 16. The third-order valence-electron chi connectivity index (χ3n) is 6.85. The molecule has 0 saturated heterocycles. The van der Waals surface area contributed by atoms with Gasteiger partial charge in [0.05, 0.1) is 19.9 Å². The molecule has 0 saturated carbocycles. The van der Waals surface area contributed by atoms with E-state index in [1.54, 1.807) is 19.2 Å². The monoisotopic (exact) mass is 579 g/mol. The molecule has 9 heteroatoms. The third-order valence-corrected chi connectivity index (χ3v) is 8.04. The molecule has 220 valence electrons. The summed E-state index contributed by atoms with van der Waals surface area (Å²) in [6, 6.07) is 25.1. The molecule has 0 radical (unpaired) electrons. The summed E-state index contributed by atoms with van der Waals surface area (Å²) in [4.78, 5) is 29.2. The Bertz CT molecular complexity index is 1330. The number of hydrogen-bond acceptors (Lipinski definition) is 5. The molecule has 3 rings (SSSR count). The summed E-state index contributed by atoms with van der Waals surface area (Å²) >= 11 is 0. The van der Waals surface area contributed by atoms with Crippen LogP contribution in [-0.2, 0) is 39.1 Å². The summed E-state index contributed by atoms with van der Waals surface area (Å²) in [6.07, 6.45) is 4.24. The summed E-state index contributed by atoms with van der Waals surface area (Å²) in [6.45, 7) is 2.39. The largest absolute Gasteiger partial charge is 0.497 e. The second-order valence-corrected chi connectivity index (χ2v) is 12.1. The Labute approximate surface area is 244 Å². The lowest BCUT2D eigenvalue weighted by Gasteiger charge is -2.33. The number of nitrogens with zero attached hydrogens (tertiary/aromatic N) is 2. The quantitative estimate of drug-likeness (QED) is 0.254. The highest BCUT2D eigenvalue weighted by molar-refractivity contribution is 7.88. The minimum Gasteiger partial charge on any atom is -0.497 e. The summed E-state index contributed by atoms with van der Waals surface area (Å²) < 4.78 is 32.0. The van der Waals surface area contributed by atoms with Gasteiger partial charge in [0.25, 0.3) is 0 Å². The van der Waals surface area contributed by atoms with Gasteiger partial charge in [-0.25, -0.2) is 8.42 Å². The van der Waals surface area contributed by atoms with Crippen molar-refractivity contribution in [2.24, 2.45) is 0 Å². The molecule has 0 fully saturated rings. The molecular formula is C32H41N3O5S. The van der Waals surface area contributed by atoms with E-state index in [9.17, 15) is 18.0 Å². The Hall–Kier alpha value is -3.69. The van der Waals surface area contributed by atoms with Crippen LogP contribution in [0.1, 0.15) is 42.9 Å². The summed E-state index contributed by atoms with van der Waals surface area (Å²) in [5.41, 5.74) is 2.46. The van der Waals surface area contributed by atoms with E-state index in [1.165, 1.54) is 4.90 Å². The number of nitrogens with one attached hydrogen (secondary N) is 1. The second-order valence-electron chi connectivity index (χ2n) is 10.1. The van der Waals surface area contributed by atoms with Gasteiger partial charge in [0.15, 0.2) is 0 Å². The van der Waals surface area contributed by atoms with E-state index >= 15 is 0 Å². The van der Waals surface area contributed by atoms with Crippen molar-refractivity contribution in [3.05, 3.63) is 102 Å². The van der Waals surface area contributed by atoms with E-state index in [4.69, 9.17) is 4.74 Å². The van der Waals surface area contributed by atoms with E-state index in [2.05, 4.69) is 12.2 Å². The topological polar surface area (TPSA) is 96.0 Å². The molecule has 3 aromatic rings. The average molecular weight is 580 g/mol. The number of sulfonamides is 1. The number of unbranched alkanes of at least 4 members (excludes halogenated alkanes) is 2. The smallest absolute Gasteiger partial charge is 0.243 e. The summed E-state index contributed by atoms with van der Waals surface area (Å²) in [5.74, 6) is -0.0418. The van der Waals surface area contributed by atoms with Gasteiger partial charge in [0, 0.05) is 26.1 Å². The number of hydrogen-bond donors (Lipinski definition) is 1. The molecule has 0 aliphatic heterocycles. The van der Waals surface area contributed by atoms with Crippen molar-refractivity contribution in [1.82, 2.24) is 14.5 Å². The van der Waals surface area contributed by atoms with Crippen LogP contribution in [0.4, 0.5) is 0 Å². The van der Waals surface area contributed by atoms with Gasteiger partial charge in [-0.3, -0.25) is 9.59 Å². The fourth-order valence-electron chi connectivity index (χ4n) is 4.51. The molecule has 0 spiro atoms. The van der Waals surface area contributed by atoms with Gasteiger partial charge in [0.1, 0.15) is 11.8 Å². The van der Waals surface area contributed by atoms with E-state index in [-0.39, 0.29) is 19.0 Å². The molecule has 0 heterocycles. The first-order valence-corrected chi connectivity index (χ1v) is 15.8. The van der Waals surface area contributed by atoms with Gasteiger partial charge in [-0.05, 0) is 35.2 Å². The van der Waals surface area contributed by atoms with Gasteiger partial charge < -0.3 is 15.0 Å². The Kier molecular flexibility index (Phi) is 12.4. The predicted molar refractivity (Wildman–Crippen MR) is 162 cm³/mol. The Morgan fingerprint density at radius 1 is 0.829 bits per heavy atom. The lowest BCUT2D eigenvalue weighted by Crippen LogP contribution is -2.53. The molecule has 2 amide bonds. The summed E-state index contributed by atoms with van der Waals surface area (Å²) in [7, 11) is -2.15. The molecule has 0 aliphatic rings. The lowest BCUT2D eigenvalue weighted by atomic mass is 10.0. The van der Waals surface area contributed by atoms with Gasteiger partial charge in [-0.15, -0.1) is 0 Å². The molecule has 1 atom stereocenters. The van der Waals surface area contributed by atoms with Crippen molar-refractivity contribution in [2.75, 3.05) is 26.5 Å². The molecule has 0 unspecified atom stereocenters. The molecule has 41 heavy (non-hydrogen) atoms. The number of carbonyl (C=O) groups excluding carboxylic acids is 2. The van der Waals surface area contributed by atoms with Gasteiger partial charge in [-0.1, -0.05) is 92.6 Å². The van der Waals surface area contributed by atoms with Crippen LogP contribution in [0, 0.1) is 0 Å². The Balaban J connectivity index is 1.96. The highest BCUT2D eigenvalue weighted by Crippen LogP contribution is 2.19. The van der Waals surface area contributed by atoms with Crippen molar-refractivity contribution >= 4 is 21.8 Å². The predicted octanol–water partition coefficient (Wildman–Crippen LogP) is 4.40. The summed E-state index contributed by atoms with van der Waals surface area (Å²) in [5, 5.41) is 3.02. The first kappa shape index (κ1) is 31.8. The van der Waals surface area contributed by atoms with Crippen LogP contribution in [-0.4, -0.2) is 61.9 Å². The van der Waals surface area contributed by atoms with Crippen LogP contribution < -0.4 is 10.1 Å². The zero-order valence-electron chi connectivity index (χ0n) is 24.2. The molecule has 1 N–H and O–H groups in total. The number of methoxy groups -OCH3 is 1. The van der Waals surface area contributed by atoms with Crippen LogP contribution in [0.15, 0.2) is 84.9 Å². The van der Waals surface area contributed by atoms with Crippen molar-refractivity contribution in [2.45, 2.75) is 51.7 Å². The van der Waals surface area contributed by atoms with E-state index in [0.29, 0.717) is 18.7 Å². The number of carbonyl (C=O) groups is 2. The highest BCUT2D eigenvalue weighted by atomic mass is 32.2. The third kappa shape index (κ3) is 10.3. The van der Waals surface area contributed by atoms with Crippen molar-refractivity contribution < 1.29 is 22.7 Å². The number of benzene rings is 3. The molecule has 3 aromatic carbocycles. The average Bonchev–Trinajstić information content (AvgIpc) is 2.97. The first-order chi connectivity index (χ1) is 19.7. The van der Waals surface area contributed by atoms with Crippen molar-refractivity contribution in [1.29, 1.82) is 0 Å². The SMILES string of the molecule is CCCCCNC(=O)[C@@H](Cc1ccccc1)N(Cc1ccc(OC)cc1)C(=O)CN(Cc1ccccc1)S(C)(=O)=O. The van der Waals surface area contributed by atoms with Crippen molar-refractivity contribution in [3.63, 3.8) is 0 Å². The van der Waals surface area contributed by atoms with Crippen molar-refractivity contribution in [3.8, 4) is 5.75 Å². The van der Waals surface area contributed by atoms with Crippen LogP contribution >= 0.6 is 0 Å². The number of amides is 2. The van der Waals surface area contributed by atoms with Gasteiger partial charge in [-0.2, -0.15) is 4.31 Å². The van der Waals surface area contributed by atoms with E-state index < -0.39 is 28.5 Å². The van der Waals surface area contributed by atoms with Crippen LogP contribution in [0.2, 0.25) is 0 Å². The maximum absolute atomic E-state index is 14.0. The maximum Gasteiger partial charge on any atom is 0.243 e. The fraction of sp³-hybridized carbons (Fsp3) is 0.375. The van der Waals surface area contributed by atoms with Gasteiger partial charge >= 0.3 is 0 Å². The van der Waals surface area contributed by atoms with E-state index in [0.717, 1.165) is 46.5 Å². The van der Waals surface area contributed by atoms with Crippen LogP contribution in [0.3, 0.4) is 0 Å². The van der Waals surface area contributed by atoms with Gasteiger partial charge in [0.2, 0.25) is 21.8 Å². The number of ether oxygens (including phenoxy) is 1. The standard InChI is InChI=1S/C32H41N3O5S/c1-4-5-12-21-33-32(37)30(22-26-13-8-6-9-14-26)35(24-28-17-19-29(40-2)20-18-28)31(36)25-34(41(3,38)39)23-27-15-10-7-11-16-27/h6-11,13-20,30H,4-5,12,21-25H2,1-3H3,(H,33,37)/t30-/m1/s1. The Morgan fingerprint density at radius 2 is 1.41 bits per heavy atom. The maximum atomic E-state index is 14.0. The fourth-order valence-corrected chi connectivity index (χ4v) is 5.23. The molecule has 0 aromatic heterocycles.